The monoisotopic (exact) mass is 416 g/mol. The molecule has 0 saturated carbocycles. The minimum Gasteiger partial charge on any atom is -0.348 e. The van der Waals surface area contributed by atoms with Crippen LogP contribution in [0.25, 0.3) is 0 Å². The van der Waals surface area contributed by atoms with E-state index in [9.17, 15) is 9.59 Å². The van der Waals surface area contributed by atoms with Gasteiger partial charge < -0.3 is 10.6 Å². The fourth-order valence-electron chi connectivity index (χ4n) is 2.65. The average Bonchev–Trinajstić information content (AvgIpc) is 2.66. The first-order chi connectivity index (χ1) is 12.4. The van der Waals surface area contributed by atoms with Gasteiger partial charge in [-0.3, -0.25) is 9.59 Å². The minimum absolute atomic E-state index is 0.0276. The summed E-state index contributed by atoms with van der Waals surface area (Å²) in [5.41, 5.74) is 1.56. The van der Waals surface area contributed by atoms with Crippen molar-refractivity contribution in [2.45, 2.75) is 39.3 Å². The summed E-state index contributed by atoms with van der Waals surface area (Å²) in [5.74, 6) is -0.374. The first kappa shape index (κ1) is 20.2. The second kappa shape index (κ2) is 9.53. The van der Waals surface area contributed by atoms with Crippen LogP contribution in [0.1, 0.15) is 49.2 Å². The molecular formula is C21H25BrN2O2. The van der Waals surface area contributed by atoms with Crippen LogP contribution < -0.4 is 10.6 Å². The highest BCUT2D eigenvalue weighted by molar-refractivity contribution is 9.10. The number of amides is 2. The van der Waals surface area contributed by atoms with Crippen LogP contribution in [-0.2, 0) is 4.79 Å². The molecule has 0 aliphatic carbocycles. The Kier molecular flexibility index (Phi) is 7.39. The van der Waals surface area contributed by atoms with Crippen molar-refractivity contribution in [3.63, 3.8) is 0 Å². The first-order valence-electron chi connectivity index (χ1n) is 8.84. The maximum Gasteiger partial charge on any atom is 0.251 e. The van der Waals surface area contributed by atoms with Gasteiger partial charge in [-0.25, -0.2) is 0 Å². The maximum atomic E-state index is 12.8. The molecule has 2 aromatic carbocycles. The summed E-state index contributed by atoms with van der Waals surface area (Å²) >= 11 is 3.41. The predicted octanol–water partition coefficient (Wildman–Crippen LogP) is 4.47. The second-order valence-corrected chi connectivity index (χ2v) is 7.40. The van der Waals surface area contributed by atoms with Crippen LogP contribution in [0.15, 0.2) is 59.1 Å². The summed E-state index contributed by atoms with van der Waals surface area (Å²) in [7, 11) is 0. The lowest BCUT2D eigenvalue weighted by Gasteiger charge is -2.25. The van der Waals surface area contributed by atoms with Crippen molar-refractivity contribution >= 4 is 27.7 Å². The van der Waals surface area contributed by atoms with Crippen molar-refractivity contribution in [1.82, 2.24) is 10.6 Å². The van der Waals surface area contributed by atoms with E-state index in [0.717, 1.165) is 16.5 Å². The van der Waals surface area contributed by atoms with Gasteiger partial charge >= 0.3 is 0 Å². The van der Waals surface area contributed by atoms with Gasteiger partial charge in [-0.15, -0.1) is 0 Å². The van der Waals surface area contributed by atoms with Crippen molar-refractivity contribution in [2.24, 2.45) is 5.92 Å². The van der Waals surface area contributed by atoms with E-state index in [2.05, 4.69) is 26.6 Å². The fraction of sp³-hybridized carbons (Fsp3) is 0.333. The summed E-state index contributed by atoms with van der Waals surface area (Å²) in [6.45, 7) is 5.92. The van der Waals surface area contributed by atoms with Gasteiger partial charge in [-0.05, 0) is 42.7 Å². The lowest BCUT2D eigenvalue weighted by atomic mass is 9.97. The normalized spacial score (nSPS) is 14.2. The molecule has 0 fully saturated rings. The van der Waals surface area contributed by atoms with E-state index in [1.54, 1.807) is 12.1 Å². The maximum absolute atomic E-state index is 12.8. The summed E-state index contributed by atoms with van der Waals surface area (Å²) < 4.78 is 0.993. The van der Waals surface area contributed by atoms with Gasteiger partial charge in [0.25, 0.3) is 5.91 Å². The van der Waals surface area contributed by atoms with Crippen LogP contribution in [0.4, 0.5) is 0 Å². The highest BCUT2D eigenvalue weighted by atomic mass is 79.9. The largest absolute Gasteiger partial charge is 0.348 e. The Balaban J connectivity index is 2.09. The van der Waals surface area contributed by atoms with Crippen LogP contribution >= 0.6 is 15.9 Å². The molecule has 0 radical (unpaired) electrons. The van der Waals surface area contributed by atoms with Crippen molar-refractivity contribution in [3.05, 3.63) is 70.2 Å². The number of benzene rings is 2. The lowest BCUT2D eigenvalue weighted by Crippen LogP contribution is -2.50. The molecule has 0 saturated heterocycles. The molecule has 0 spiro atoms. The van der Waals surface area contributed by atoms with E-state index < -0.39 is 6.04 Å². The molecule has 26 heavy (non-hydrogen) atoms. The van der Waals surface area contributed by atoms with Gasteiger partial charge in [0.1, 0.15) is 6.04 Å². The third-order valence-electron chi connectivity index (χ3n) is 4.55. The Morgan fingerprint density at radius 1 is 0.962 bits per heavy atom. The third kappa shape index (κ3) is 5.43. The lowest BCUT2D eigenvalue weighted by molar-refractivity contribution is -0.124. The van der Waals surface area contributed by atoms with Gasteiger partial charge in [0.05, 0.1) is 6.04 Å². The standard InChI is InChI=1S/C21H25BrN2O2/c1-4-14(2)19(24-20(25)17-8-6-5-7-9-17)21(26)23-15(3)16-10-12-18(22)13-11-16/h5-15,19H,4H2,1-3H3,(H,23,26)(H,24,25)/t14-,15-,19+/m0/s1. The van der Waals surface area contributed by atoms with Crippen LogP contribution in [0, 0.1) is 5.92 Å². The first-order valence-corrected chi connectivity index (χ1v) is 9.63. The van der Waals surface area contributed by atoms with Crippen molar-refractivity contribution in [2.75, 3.05) is 0 Å². The Morgan fingerprint density at radius 3 is 2.15 bits per heavy atom. The summed E-state index contributed by atoms with van der Waals surface area (Å²) in [6.07, 6.45) is 0.791. The third-order valence-corrected chi connectivity index (χ3v) is 5.08. The molecule has 4 nitrogen and oxygen atoms in total. The van der Waals surface area contributed by atoms with Crippen LogP contribution in [0.5, 0.6) is 0 Å². The molecule has 3 atom stereocenters. The smallest absolute Gasteiger partial charge is 0.251 e. The van der Waals surface area contributed by atoms with Gasteiger partial charge in [0.2, 0.25) is 5.91 Å². The fourth-order valence-corrected chi connectivity index (χ4v) is 2.92. The number of rotatable bonds is 7. The van der Waals surface area contributed by atoms with E-state index in [1.807, 2.05) is 63.2 Å². The van der Waals surface area contributed by atoms with Crippen LogP contribution in [0.2, 0.25) is 0 Å². The topological polar surface area (TPSA) is 58.2 Å². The molecule has 0 bridgehead atoms. The molecule has 0 aromatic heterocycles. The zero-order valence-electron chi connectivity index (χ0n) is 15.3. The molecule has 2 aromatic rings. The molecule has 2 N–H and O–H groups in total. The molecule has 0 aliphatic heterocycles. The number of carbonyl (C=O) groups is 2. The molecule has 0 unspecified atom stereocenters. The van der Waals surface area contributed by atoms with Gasteiger partial charge in [0, 0.05) is 10.0 Å². The Hall–Kier alpha value is -2.14. The van der Waals surface area contributed by atoms with E-state index in [0.29, 0.717) is 5.56 Å². The van der Waals surface area contributed by atoms with Crippen molar-refractivity contribution in [3.8, 4) is 0 Å². The zero-order valence-corrected chi connectivity index (χ0v) is 16.9. The number of hydrogen-bond acceptors (Lipinski definition) is 2. The van der Waals surface area contributed by atoms with Gasteiger partial charge in [0.15, 0.2) is 0 Å². The number of halogens is 1. The number of hydrogen-bond donors (Lipinski definition) is 2. The Labute approximate surface area is 163 Å². The molecule has 2 amide bonds. The molecular weight excluding hydrogens is 392 g/mol. The molecule has 138 valence electrons. The SMILES string of the molecule is CC[C@H](C)[C@@H](NC(=O)c1ccccc1)C(=O)N[C@@H](C)c1ccc(Br)cc1. The zero-order chi connectivity index (χ0) is 19.1. The average molecular weight is 417 g/mol. The van der Waals surface area contributed by atoms with Crippen molar-refractivity contribution in [1.29, 1.82) is 0 Å². The van der Waals surface area contributed by atoms with E-state index >= 15 is 0 Å². The highest BCUT2D eigenvalue weighted by Crippen LogP contribution is 2.18. The number of carbonyl (C=O) groups excluding carboxylic acids is 2. The van der Waals surface area contributed by atoms with Crippen molar-refractivity contribution < 1.29 is 9.59 Å². The minimum atomic E-state index is -0.578. The van der Waals surface area contributed by atoms with E-state index in [-0.39, 0.29) is 23.8 Å². The quantitative estimate of drug-likeness (QED) is 0.699. The summed E-state index contributed by atoms with van der Waals surface area (Å²) in [6, 6.07) is 16.1. The highest BCUT2D eigenvalue weighted by Gasteiger charge is 2.27. The Morgan fingerprint density at radius 2 is 1.58 bits per heavy atom. The van der Waals surface area contributed by atoms with Crippen LogP contribution in [-0.4, -0.2) is 17.9 Å². The van der Waals surface area contributed by atoms with Crippen LogP contribution in [0.3, 0.4) is 0 Å². The summed E-state index contributed by atoms with van der Waals surface area (Å²) in [5, 5.41) is 5.91. The predicted molar refractivity (Wildman–Crippen MR) is 108 cm³/mol. The molecule has 5 heteroatoms. The van der Waals surface area contributed by atoms with Gasteiger partial charge in [-0.2, -0.15) is 0 Å². The Bertz CT molecular complexity index is 731. The molecule has 0 heterocycles. The summed E-state index contributed by atoms with van der Waals surface area (Å²) in [4.78, 5) is 25.3. The van der Waals surface area contributed by atoms with Gasteiger partial charge in [-0.1, -0.05) is 66.5 Å². The molecule has 2 rings (SSSR count). The van der Waals surface area contributed by atoms with E-state index in [4.69, 9.17) is 0 Å². The van der Waals surface area contributed by atoms with E-state index in [1.165, 1.54) is 0 Å². The molecule has 0 aliphatic rings. The second-order valence-electron chi connectivity index (χ2n) is 6.48. The number of nitrogens with one attached hydrogen (secondary N) is 2.